The van der Waals surface area contributed by atoms with Crippen molar-refractivity contribution in [1.82, 2.24) is 15.1 Å². The SMILES string of the molecule is CCCNC(Cc1cc(C)nn1CC)C(F)(F)F. The van der Waals surface area contributed by atoms with Gasteiger partial charge in [-0.1, -0.05) is 6.92 Å². The zero-order chi connectivity index (χ0) is 13.8. The van der Waals surface area contributed by atoms with Crippen LogP contribution in [0.1, 0.15) is 31.7 Å². The van der Waals surface area contributed by atoms with Gasteiger partial charge in [-0.15, -0.1) is 0 Å². The molecule has 0 aliphatic rings. The lowest BCUT2D eigenvalue weighted by Crippen LogP contribution is -2.44. The molecule has 6 heteroatoms. The molecule has 0 radical (unpaired) electrons. The zero-order valence-corrected chi connectivity index (χ0v) is 11.0. The van der Waals surface area contributed by atoms with Gasteiger partial charge in [0.2, 0.25) is 0 Å². The van der Waals surface area contributed by atoms with Crippen LogP contribution in [0.2, 0.25) is 0 Å². The van der Waals surface area contributed by atoms with Crippen molar-refractivity contribution in [2.24, 2.45) is 0 Å². The highest BCUT2D eigenvalue weighted by atomic mass is 19.4. The Labute approximate surface area is 105 Å². The molecule has 1 aromatic rings. The van der Waals surface area contributed by atoms with Gasteiger partial charge in [0.15, 0.2) is 0 Å². The third kappa shape index (κ3) is 4.01. The normalized spacial score (nSPS) is 13.9. The van der Waals surface area contributed by atoms with Crippen molar-refractivity contribution in [3.63, 3.8) is 0 Å². The van der Waals surface area contributed by atoms with E-state index in [0.717, 1.165) is 5.69 Å². The largest absolute Gasteiger partial charge is 0.404 e. The Kier molecular flexibility index (Phi) is 5.19. The Morgan fingerprint density at radius 3 is 2.56 bits per heavy atom. The molecule has 0 aromatic carbocycles. The number of nitrogens with one attached hydrogen (secondary N) is 1. The van der Waals surface area contributed by atoms with Gasteiger partial charge < -0.3 is 5.32 Å². The highest BCUT2D eigenvalue weighted by molar-refractivity contribution is 5.11. The summed E-state index contributed by atoms with van der Waals surface area (Å²) in [5.41, 5.74) is 1.38. The lowest BCUT2D eigenvalue weighted by Gasteiger charge is -2.21. The topological polar surface area (TPSA) is 29.9 Å². The van der Waals surface area contributed by atoms with E-state index in [1.165, 1.54) is 0 Å². The van der Waals surface area contributed by atoms with Crippen molar-refractivity contribution in [2.45, 2.75) is 52.4 Å². The number of alkyl halides is 3. The summed E-state index contributed by atoms with van der Waals surface area (Å²) in [4.78, 5) is 0. The summed E-state index contributed by atoms with van der Waals surface area (Å²) < 4.78 is 40.3. The van der Waals surface area contributed by atoms with Crippen LogP contribution in [0.5, 0.6) is 0 Å². The second-order valence-corrected chi connectivity index (χ2v) is 4.35. The van der Waals surface area contributed by atoms with Gasteiger partial charge in [-0.25, -0.2) is 0 Å². The van der Waals surface area contributed by atoms with E-state index < -0.39 is 12.2 Å². The van der Waals surface area contributed by atoms with Crippen LogP contribution in [-0.4, -0.2) is 28.5 Å². The Hall–Kier alpha value is -1.04. The predicted octanol–water partition coefficient (Wildman–Crippen LogP) is 2.68. The van der Waals surface area contributed by atoms with Gasteiger partial charge in [0.1, 0.15) is 6.04 Å². The average Bonchev–Trinajstić information content (AvgIpc) is 2.63. The first-order chi connectivity index (χ1) is 8.38. The van der Waals surface area contributed by atoms with E-state index in [1.54, 1.807) is 17.7 Å². The van der Waals surface area contributed by atoms with Crippen LogP contribution in [0.4, 0.5) is 13.2 Å². The first-order valence-corrected chi connectivity index (χ1v) is 6.21. The van der Waals surface area contributed by atoms with E-state index in [1.807, 2.05) is 13.8 Å². The van der Waals surface area contributed by atoms with Crippen LogP contribution in [0.25, 0.3) is 0 Å². The first-order valence-electron chi connectivity index (χ1n) is 6.21. The Morgan fingerprint density at radius 1 is 1.39 bits per heavy atom. The van der Waals surface area contributed by atoms with Crippen LogP contribution in [0.3, 0.4) is 0 Å². The van der Waals surface area contributed by atoms with Crippen LogP contribution in [0, 0.1) is 6.92 Å². The van der Waals surface area contributed by atoms with Gasteiger partial charge in [0.25, 0.3) is 0 Å². The molecular weight excluding hydrogens is 243 g/mol. The van der Waals surface area contributed by atoms with Crippen molar-refractivity contribution in [1.29, 1.82) is 0 Å². The summed E-state index contributed by atoms with van der Waals surface area (Å²) >= 11 is 0. The highest BCUT2D eigenvalue weighted by Gasteiger charge is 2.39. The smallest absolute Gasteiger partial charge is 0.306 e. The molecule has 104 valence electrons. The predicted molar refractivity (Wildman–Crippen MR) is 64.5 cm³/mol. The summed E-state index contributed by atoms with van der Waals surface area (Å²) in [6, 6.07) is 0.217. The molecule has 0 amide bonds. The Balaban J connectivity index is 2.81. The molecule has 0 saturated heterocycles. The number of aromatic nitrogens is 2. The van der Waals surface area contributed by atoms with E-state index in [0.29, 0.717) is 25.2 Å². The summed E-state index contributed by atoms with van der Waals surface area (Å²) in [6.45, 7) is 6.46. The van der Waals surface area contributed by atoms with Crippen molar-refractivity contribution in [3.05, 3.63) is 17.5 Å². The molecule has 1 unspecified atom stereocenters. The minimum atomic E-state index is -4.23. The van der Waals surface area contributed by atoms with Crippen molar-refractivity contribution >= 4 is 0 Å². The minimum Gasteiger partial charge on any atom is -0.306 e. The lowest BCUT2D eigenvalue weighted by atomic mass is 10.1. The fourth-order valence-corrected chi connectivity index (χ4v) is 1.87. The van der Waals surface area contributed by atoms with Gasteiger partial charge in [-0.2, -0.15) is 18.3 Å². The molecule has 3 nitrogen and oxygen atoms in total. The van der Waals surface area contributed by atoms with Crippen molar-refractivity contribution in [3.8, 4) is 0 Å². The fourth-order valence-electron chi connectivity index (χ4n) is 1.87. The number of nitrogens with zero attached hydrogens (tertiary/aromatic N) is 2. The quantitative estimate of drug-likeness (QED) is 0.855. The summed E-state index contributed by atoms with van der Waals surface area (Å²) in [6.07, 6.45) is -3.62. The van der Waals surface area contributed by atoms with Gasteiger partial charge in [-0.05, 0) is 32.9 Å². The van der Waals surface area contributed by atoms with E-state index in [9.17, 15) is 13.2 Å². The lowest BCUT2D eigenvalue weighted by molar-refractivity contribution is -0.155. The maximum absolute atomic E-state index is 12.9. The van der Waals surface area contributed by atoms with Crippen LogP contribution in [0.15, 0.2) is 6.07 Å². The monoisotopic (exact) mass is 263 g/mol. The van der Waals surface area contributed by atoms with E-state index in [4.69, 9.17) is 0 Å². The van der Waals surface area contributed by atoms with E-state index in [-0.39, 0.29) is 6.42 Å². The molecule has 0 fully saturated rings. The molecule has 0 saturated carbocycles. The number of aryl methyl sites for hydroxylation is 2. The number of hydrogen-bond donors (Lipinski definition) is 1. The standard InChI is InChI=1S/C12H20F3N3/c1-4-6-16-11(12(13,14)15)8-10-7-9(3)17-18(10)5-2/h7,11,16H,4-6,8H2,1-3H3. The van der Waals surface area contributed by atoms with E-state index >= 15 is 0 Å². The molecular formula is C12H20F3N3. The Morgan fingerprint density at radius 2 is 2.06 bits per heavy atom. The van der Waals surface area contributed by atoms with Crippen LogP contribution < -0.4 is 5.32 Å². The molecule has 0 spiro atoms. The second kappa shape index (κ2) is 6.22. The van der Waals surface area contributed by atoms with Gasteiger partial charge in [0, 0.05) is 18.7 Å². The second-order valence-electron chi connectivity index (χ2n) is 4.35. The molecule has 18 heavy (non-hydrogen) atoms. The third-order valence-corrected chi connectivity index (χ3v) is 2.73. The number of halogens is 3. The molecule has 1 heterocycles. The molecule has 1 atom stereocenters. The van der Waals surface area contributed by atoms with Gasteiger partial charge in [0.05, 0.1) is 5.69 Å². The maximum Gasteiger partial charge on any atom is 0.404 e. The van der Waals surface area contributed by atoms with Crippen LogP contribution >= 0.6 is 0 Å². The molecule has 1 rings (SSSR count). The van der Waals surface area contributed by atoms with Crippen molar-refractivity contribution in [2.75, 3.05) is 6.54 Å². The first kappa shape index (κ1) is 15.0. The maximum atomic E-state index is 12.9. The molecule has 0 aliphatic carbocycles. The van der Waals surface area contributed by atoms with Gasteiger partial charge >= 0.3 is 6.18 Å². The summed E-state index contributed by atoms with van der Waals surface area (Å²) in [5.74, 6) is 0. The Bertz CT molecular complexity index is 371. The molecule has 0 aliphatic heterocycles. The molecule has 1 N–H and O–H groups in total. The zero-order valence-electron chi connectivity index (χ0n) is 11.0. The molecule has 1 aromatic heterocycles. The summed E-state index contributed by atoms with van der Waals surface area (Å²) in [5, 5.41) is 6.72. The van der Waals surface area contributed by atoms with Crippen LogP contribution in [-0.2, 0) is 13.0 Å². The number of hydrogen-bond acceptors (Lipinski definition) is 2. The third-order valence-electron chi connectivity index (χ3n) is 2.73. The number of rotatable bonds is 6. The summed E-state index contributed by atoms with van der Waals surface area (Å²) in [7, 11) is 0. The fraction of sp³-hybridized carbons (Fsp3) is 0.750. The van der Waals surface area contributed by atoms with Crippen molar-refractivity contribution < 1.29 is 13.2 Å². The highest BCUT2D eigenvalue weighted by Crippen LogP contribution is 2.23. The minimum absolute atomic E-state index is 0.0713. The van der Waals surface area contributed by atoms with Gasteiger partial charge in [-0.3, -0.25) is 4.68 Å². The molecule has 0 bridgehead atoms. The van der Waals surface area contributed by atoms with E-state index in [2.05, 4.69) is 10.4 Å². The average molecular weight is 263 g/mol.